The topological polar surface area (TPSA) is 139 Å². The Labute approximate surface area is 193 Å². The normalized spacial score (nSPS) is 19.9. The van der Waals surface area contributed by atoms with E-state index in [9.17, 15) is 29.3 Å². The van der Waals surface area contributed by atoms with E-state index in [0.29, 0.717) is 5.56 Å². The molecular formula is C23H18N4O7. The molecule has 0 saturated carbocycles. The number of nitrogens with one attached hydrogen (secondary N) is 1. The number of nitro groups is 1. The monoisotopic (exact) mass is 462 g/mol. The second kappa shape index (κ2) is 8.62. The van der Waals surface area contributed by atoms with Gasteiger partial charge < -0.3 is 15.0 Å². The Hall–Kier alpha value is -4.80. The molecule has 2 amide bonds. The molecule has 0 aromatic heterocycles. The van der Waals surface area contributed by atoms with Crippen LogP contribution in [0.2, 0.25) is 0 Å². The quantitative estimate of drug-likeness (QED) is 0.181. The van der Waals surface area contributed by atoms with Crippen molar-refractivity contribution in [3.05, 3.63) is 87.2 Å². The van der Waals surface area contributed by atoms with Crippen molar-refractivity contribution in [1.29, 1.82) is 0 Å². The highest BCUT2D eigenvalue weighted by Gasteiger charge is 2.41. The molecule has 0 radical (unpaired) electrons. The van der Waals surface area contributed by atoms with Gasteiger partial charge in [-0.15, -0.1) is 0 Å². The number of nitrogens with zero attached hydrogens (tertiary/aromatic N) is 3. The van der Waals surface area contributed by atoms with Crippen LogP contribution in [0.15, 0.2) is 66.0 Å². The van der Waals surface area contributed by atoms with Crippen LogP contribution in [-0.2, 0) is 14.4 Å². The Bertz CT molecular complexity index is 1310. The minimum Gasteiger partial charge on any atom is -0.422 e. The fourth-order valence-corrected chi connectivity index (χ4v) is 3.63. The van der Waals surface area contributed by atoms with Gasteiger partial charge in [-0.05, 0) is 23.8 Å². The van der Waals surface area contributed by atoms with Gasteiger partial charge in [0.1, 0.15) is 17.0 Å². The predicted octanol–water partition coefficient (Wildman–Crippen LogP) is 1.82. The number of fused-ring (bicyclic) bond motifs is 1. The number of carbonyl (C=O) groups is 4. The molecule has 172 valence electrons. The maximum absolute atomic E-state index is 13.3. The van der Waals surface area contributed by atoms with Gasteiger partial charge in [-0.2, -0.15) is 0 Å². The molecule has 1 N–H and O–H groups in total. The largest absolute Gasteiger partial charge is 0.422 e. The molecule has 0 unspecified atom stereocenters. The third kappa shape index (κ3) is 4.01. The molecule has 11 heteroatoms. The van der Waals surface area contributed by atoms with Gasteiger partial charge >= 0.3 is 5.97 Å². The molecule has 2 aliphatic rings. The standard InChI is InChI=1S/C23H18N4O7/c1-13(28)24-23-25(2)18(11-14-6-5-7-15(10-14)27(32)33)21(30)26(23)12-17-20(29)16-8-3-4-9-19(16)34-22(17)31/h3-12,23H,1-2H3,(H,24,28)/b17-12-,18-11-/t23-/m0/s1. The summed E-state index contributed by atoms with van der Waals surface area (Å²) in [7, 11) is 1.52. The van der Waals surface area contributed by atoms with Crippen LogP contribution < -0.4 is 10.1 Å². The van der Waals surface area contributed by atoms with Crippen LogP contribution >= 0.6 is 0 Å². The maximum atomic E-state index is 13.3. The smallest absolute Gasteiger partial charge is 0.349 e. The van der Waals surface area contributed by atoms with E-state index in [4.69, 9.17) is 4.74 Å². The van der Waals surface area contributed by atoms with Crippen molar-refractivity contribution in [2.75, 3.05) is 7.05 Å². The maximum Gasteiger partial charge on any atom is 0.349 e. The van der Waals surface area contributed by atoms with E-state index in [1.54, 1.807) is 18.2 Å². The number of hydrogen-bond acceptors (Lipinski definition) is 8. The molecular weight excluding hydrogens is 444 g/mol. The van der Waals surface area contributed by atoms with Gasteiger partial charge in [0.25, 0.3) is 11.6 Å². The first kappa shape index (κ1) is 22.4. The summed E-state index contributed by atoms with van der Waals surface area (Å²) in [5.41, 5.74) is 0.0777. The molecule has 0 aliphatic carbocycles. The average Bonchev–Trinajstić information content (AvgIpc) is 3.00. The first-order valence-electron chi connectivity index (χ1n) is 10.0. The highest BCUT2D eigenvalue weighted by molar-refractivity contribution is 6.27. The zero-order valence-electron chi connectivity index (χ0n) is 18.1. The van der Waals surface area contributed by atoms with Crippen LogP contribution in [0.5, 0.6) is 5.75 Å². The van der Waals surface area contributed by atoms with E-state index in [-0.39, 0.29) is 28.3 Å². The number of benzene rings is 2. The second-order valence-corrected chi connectivity index (χ2v) is 7.54. The van der Waals surface area contributed by atoms with Crippen molar-refractivity contribution in [2.24, 2.45) is 0 Å². The fourth-order valence-electron chi connectivity index (χ4n) is 3.63. The number of carbonyl (C=O) groups excluding carboxylic acids is 4. The summed E-state index contributed by atoms with van der Waals surface area (Å²) in [5, 5.41) is 13.7. The molecule has 0 spiro atoms. The molecule has 1 fully saturated rings. The van der Waals surface area contributed by atoms with Crippen molar-refractivity contribution in [3.8, 4) is 5.75 Å². The van der Waals surface area contributed by atoms with Gasteiger partial charge in [-0.3, -0.25) is 29.4 Å². The van der Waals surface area contributed by atoms with Crippen molar-refractivity contribution in [2.45, 2.75) is 13.2 Å². The molecule has 2 aromatic rings. The number of ether oxygens (including phenoxy) is 1. The third-order valence-electron chi connectivity index (χ3n) is 5.25. The lowest BCUT2D eigenvalue weighted by Crippen LogP contribution is -2.49. The van der Waals surface area contributed by atoms with E-state index in [2.05, 4.69) is 5.32 Å². The van der Waals surface area contributed by atoms with Gasteiger partial charge in [-0.25, -0.2) is 4.79 Å². The number of rotatable bonds is 4. The Kier molecular flexibility index (Phi) is 5.68. The number of hydrogen-bond donors (Lipinski definition) is 1. The molecule has 11 nitrogen and oxygen atoms in total. The number of non-ortho nitro benzene ring substituents is 1. The lowest BCUT2D eigenvalue weighted by molar-refractivity contribution is -0.384. The van der Waals surface area contributed by atoms with Crippen LogP contribution in [0.1, 0.15) is 22.8 Å². The van der Waals surface area contributed by atoms with Crippen LogP contribution in [0, 0.1) is 10.1 Å². The third-order valence-corrected chi connectivity index (χ3v) is 5.25. The van der Waals surface area contributed by atoms with Crippen LogP contribution in [-0.4, -0.2) is 51.6 Å². The summed E-state index contributed by atoms with van der Waals surface area (Å²) in [6.07, 6.45) is 1.41. The Balaban J connectivity index is 1.76. The molecule has 1 atom stereocenters. The molecule has 1 saturated heterocycles. The van der Waals surface area contributed by atoms with Gasteiger partial charge in [0.05, 0.1) is 10.5 Å². The minimum atomic E-state index is -1.06. The molecule has 2 aliphatic heterocycles. The highest BCUT2D eigenvalue weighted by atomic mass is 16.6. The summed E-state index contributed by atoms with van der Waals surface area (Å²) >= 11 is 0. The van der Waals surface area contributed by atoms with Gasteiger partial charge in [0.2, 0.25) is 11.7 Å². The van der Waals surface area contributed by atoms with E-state index in [0.717, 1.165) is 11.1 Å². The molecule has 2 heterocycles. The van der Waals surface area contributed by atoms with Crippen LogP contribution in [0.4, 0.5) is 5.69 Å². The van der Waals surface area contributed by atoms with E-state index in [1.807, 2.05) is 0 Å². The summed E-state index contributed by atoms with van der Waals surface area (Å²) in [4.78, 5) is 63.5. The molecule has 0 bridgehead atoms. The lowest BCUT2D eigenvalue weighted by atomic mass is 10.0. The average molecular weight is 462 g/mol. The van der Waals surface area contributed by atoms with Gasteiger partial charge in [0, 0.05) is 32.3 Å². The van der Waals surface area contributed by atoms with Crippen molar-refractivity contribution < 1.29 is 28.8 Å². The van der Waals surface area contributed by atoms with Gasteiger partial charge in [-0.1, -0.05) is 24.3 Å². The first-order valence-corrected chi connectivity index (χ1v) is 10.0. The molecule has 34 heavy (non-hydrogen) atoms. The summed E-state index contributed by atoms with van der Waals surface area (Å²) < 4.78 is 5.22. The van der Waals surface area contributed by atoms with Crippen molar-refractivity contribution in [1.82, 2.24) is 15.1 Å². The number of ketones is 1. The van der Waals surface area contributed by atoms with Gasteiger partial charge in [0.15, 0.2) is 6.29 Å². The van der Waals surface area contributed by atoms with Crippen molar-refractivity contribution in [3.63, 3.8) is 0 Å². The lowest BCUT2D eigenvalue weighted by Gasteiger charge is -2.27. The zero-order chi connectivity index (χ0) is 24.6. The number of para-hydroxylation sites is 1. The minimum absolute atomic E-state index is 0.0770. The summed E-state index contributed by atoms with van der Waals surface area (Å²) in [6.45, 7) is 1.25. The number of amides is 2. The highest BCUT2D eigenvalue weighted by Crippen LogP contribution is 2.30. The van der Waals surface area contributed by atoms with Crippen LogP contribution in [0.3, 0.4) is 0 Å². The number of nitro benzene ring substituents is 1. The second-order valence-electron chi connectivity index (χ2n) is 7.54. The van der Waals surface area contributed by atoms with Crippen LogP contribution in [0.25, 0.3) is 6.08 Å². The first-order chi connectivity index (χ1) is 16.2. The van der Waals surface area contributed by atoms with E-state index in [1.165, 1.54) is 55.3 Å². The zero-order valence-corrected chi connectivity index (χ0v) is 18.1. The summed E-state index contributed by atoms with van der Waals surface area (Å²) in [5.74, 6) is -2.55. The Morgan fingerprint density at radius 1 is 1.15 bits per heavy atom. The Morgan fingerprint density at radius 3 is 2.59 bits per heavy atom. The number of Topliss-reactive ketones (excluding diaryl/α,β-unsaturated/α-hetero) is 1. The summed E-state index contributed by atoms with van der Waals surface area (Å²) in [6, 6.07) is 11.9. The van der Waals surface area contributed by atoms with Crippen molar-refractivity contribution >= 4 is 35.3 Å². The molecule has 2 aromatic carbocycles. The number of likely N-dealkylation sites (N-methyl/N-ethyl adjacent to an activating group) is 1. The number of esters is 1. The van der Waals surface area contributed by atoms with E-state index < -0.39 is 34.8 Å². The van der Waals surface area contributed by atoms with E-state index >= 15 is 0 Å². The Morgan fingerprint density at radius 2 is 1.88 bits per heavy atom. The molecule has 4 rings (SSSR count). The predicted molar refractivity (Wildman–Crippen MR) is 118 cm³/mol. The SMILES string of the molecule is CC(=O)N[C@@H]1N(/C=C2\C(=O)Oc3ccccc3C2=O)C(=O)/C(=C/c2cccc([N+](=O)[O-])c2)N1C. The fraction of sp³-hybridized carbons (Fsp3) is 0.130.